The minimum atomic E-state index is -0.240. The van der Waals surface area contributed by atoms with Crippen molar-refractivity contribution in [2.45, 2.75) is 0 Å². The summed E-state index contributed by atoms with van der Waals surface area (Å²) in [6.07, 6.45) is 3.41. The maximum Gasteiger partial charge on any atom is 0.284 e. The Labute approximate surface area is 191 Å². The SMILES string of the molecule is O=C(Nc1cccc(-c2ccc3nnc(-c4ccncc4)n3n2)c1)c1nc2ccccc2s1. The minimum absolute atomic E-state index is 0.240. The molecule has 0 saturated carbocycles. The number of nitrogens with zero attached hydrogens (tertiary/aromatic N) is 6. The van der Waals surface area contributed by atoms with Crippen molar-refractivity contribution >= 4 is 38.8 Å². The van der Waals surface area contributed by atoms with Crippen LogP contribution in [0.5, 0.6) is 0 Å². The molecule has 0 bridgehead atoms. The van der Waals surface area contributed by atoms with Crippen LogP contribution >= 0.6 is 11.3 Å². The van der Waals surface area contributed by atoms with Crippen LogP contribution in [0.1, 0.15) is 9.80 Å². The molecule has 2 aromatic carbocycles. The summed E-state index contributed by atoms with van der Waals surface area (Å²) < 4.78 is 2.68. The third-order valence-electron chi connectivity index (χ3n) is 5.11. The highest BCUT2D eigenvalue weighted by molar-refractivity contribution is 7.20. The predicted octanol–water partition coefficient (Wildman–Crippen LogP) is 4.72. The molecule has 33 heavy (non-hydrogen) atoms. The van der Waals surface area contributed by atoms with E-state index in [0.717, 1.165) is 27.0 Å². The third-order valence-corrected chi connectivity index (χ3v) is 6.14. The monoisotopic (exact) mass is 449 g/mol. The first kappa shape index (κ1) is 19.2. The molecule has 0 atom stereocenters. The Morgan fingerprint density at radius 3 is 2.64 bits per heavy atom. The molecule has 0 fully saturated rings. The molecule has 0 radical (unpaired) electrons. The lowest BCUT2D eigenvalue weighted by Gasteiger charge is -2.07. The van der Waals surface area contributed by atoms with Gasteiger partial charge in [-0.2, -0.15) is 9.61 Å². The molecule has 8 nitrogen and oxygen atoms in total. The molecule has 158 valence electrons. The number of hydrogen-bond acceptors (Lipinski definition) is 7. The van der Waals surface area contributed by atoms with Gasteiger partial charge in [0.25, 0.3) is 5.91 Å². The molecule has 6 aromatic rings. The van der Waals surface area contributed by atoms with Gasteiger partial charge in [-0.3, -0.25) is 9.78 Å². The first-order valence-electron chi connectivity index (χ1n) is 10.1. The Hall–Kier alpha value is -4.50. The summed E-state index contributed by atoms with van der Waals surface area (Å²) in [6.45, 7) is 0. The van der Waals surface area contributed by atoms with Crippen molar-refractivity contribution in [2.24, 2.45) is 0 Å². The van der Waals surface area contributed by atoms with Crippen molar-refractivity contribution in [3.63, 3.8) is 0 Å². The van der Waals surface area contributed by atoms with Gasteiger partial charge in [0.1, 0.15) is 0 Å². The number of amides is 1. The van der Waals surface area contributed by atoms with Crippen LogP contribution in [0.3, 0.4) is 0 Å². The average Bonchev–Trinajstić information content (AvgIpc) is 3.49. The van der Waals surface area contributed by atoms with Crippen molar-refractivity contribution in [1.29, 1.82) is 0 Å². The molecule has 0 aliphatic carbocycles. The van der Waals surface area contributed by atoms with Crippen molar-refractivity contribution in [3.05, 3.63) is 90.2 Å². The maximum absolute atomic E-state index is 12.8. The number of hydrogen-bond donors (Lipinski definition) is 1. The summed E-state index contributed by atoms with van der Waals surface area (Å²) in [6, 6.07) is 22.7. The van der Waals surface area contributed by atoms with Gasteiger partial charge in [-0.25, -0.2) is 4.98 Å². The van der Waals surface area contributed by atoms with Gasteiger partial charge >= 0.3 is 0 Å². The number of carbonyl (C=O) groups is 1. The number of pyridine rings is 1. The van der Waals surface area contributed by atoms with E-state index in [1.165, 1.54) is 11.3 Å². The van der Waals surface area contributed by atoms with Crippen LogP contribution in [0.2, 0.25) is 0 Å². The van der Waals surface area contributed by atoms with Crippen LogP contribution < -0.4 is 5.32 Å². The van der Waals surface area contributed by atoms with E-state index < -0.39 is 0 Å². The molecule has 4 aromatic heterocycles. The van der Waals surface area contributed by atoms with Crippen LogP contribution in [0.4, 0.5) is 5.69 Å². The van der Waals surface area contributed by atoms with Crippen LogP contribution in [0.15, 0.2) is 85.2 Å². The van der Waals surface area contributed by atoms with Crippen LogP contribution in [0.25, 0.3) is 38.5 Å². The lowest BCUT2D eigenvalue weighted by atomic mass is 10.1. The second-order valence-electron chi connectivity index (χ2n) is 7.27. The molecule has 6 rings (SSSR count). The summed E-state index contributed by atoms with van der Waals surface area (Å²) in [4.78, 5) is 21.2. The Bertz CT molecular complexity index is 1590. The third kappa shape index (κ3) is 3.60. The molecular formula is C24H15N7OS. The number of para-hydroxylation sites is 1. The number of anilines is 1. The molecule has 0 aliphatic heterocycles. The number of rotatable bonds is 4. The van der Waals surface area contributed by atoms with E-state index in [9.17, 15) is 4.79 Å². The number of nitrogens with one attached hydrogen (secondary N) is 1. The second-order valence-corrected chi connectivity index (χ2v) is 8.30. The van der Waals surface area contributed by atoms with E-state index in [4.69, 9.17) is 5.10 Å². The first-order chi connectivity index (χ1) is 16.2. The summed E-state index contributed by atoms with van der Waals surface area (Å²) in [5, 5.41) is 16.6. The molecule has 0 spiro atoms. The molecule has 4 heterocycles. The molecule has 1 N–H and O–H groups in total. The zero-order valence-electron chi connectivity index (χ0n) is 17.1. The van der Waals surface area contributed by atoms with Gasteiger partial charge in [-0.05, 0) is 48.5 Å². The predicted molar refractivity (Wildman–Crippen MR) is 127 cm³/mol. The van der Waals surface area contributed by atoms with E-state index in [1.807, 2.05) is 72.8 Å². The Morgan fingerprint density at radius 2 is 1.76 bits per heavy atom. The maximum atomic E-state index is 12.8. The van der Waals surface area contributed by atoms with Crippen LogP contribution in [-0.2, 0) is 0 Å². The van der Waals surface area contributed by atoms with E-state index in [0.29, 0.717) is 22.2 Å². The molecular weight excluding hydrogens is 434 g/mol. The quantitative estimate of drug-likeness (QED) is 0.418. The molecule has 0 unspecified atom stereocenters. The average molecular weight is 449 g/mol. The van der Waals surface area contributed by atoms with Crippen molar-refractivity contribution < 1.29 is 4.79 Å². The zero-order chi connectivity index (χ0) is 22.2. The molecule has 9 heteroatoms. The highest BCUT2D eigenvalue weighted by Crippen LogP contribution is 2.25. The van der Waals surface area contributed by atoms with E-state index in [2.05, 4.69) is 25.5 Å². The number of carbonyl (C=O) groups excluding carboxylic acids is 1. The Morgan fingerprint density at radius 1 is 0.879 bits per heavy atom. The zero-order valence-corrected chi connectivity index (χ0v) is 17.9. The fraction of sp³-hybridized carbons (Fsp3) is 0. The van der Waals surface area contributed by atoms with E-state index in [1.54, 1.807) is 16.9 Å². The van der Waals surface area contributed by atoms with Gasteiger partial charge in [0.05, 0.1) is 15.9 Å². The molecule has 0 saturated heterocycles. The highest BCUT2D eigenvalue weighted by Gasteiger charge is 2.14. The molecule has 1 amide bonds. The summed E-state index contributed by atoms with van der Waals surface area (Å²) in [5.74, 6) is 0.394. The van der Waals surface area contributed by atoms with Gasteiger partial charge in [0.2, 0.25) is 0 Å². The summed E-state index contributed by atoms with van der Waals surface area (Å²) in [5.41, 5.74) is 4.58. The standard InChI is InChI=1S/C24H15N7OS/c32-23(24-27-19-6-1-2-7-20(19)33-24)26-17-5-3-4-16(14-17)18-8-9-21-28-29-22(31(21)30-18)15-10-12-25-13-11-15/h1-14H,(H,26,32). The summed E-state index contributed by atoms with van der Waals surface area (Å²) >= 11 is 1.37. The van der Waals surface area contributed by atoms with Gasteiger partial charge in [-0.1, -0.05) is 24.3 Å². The highest BCUT2D eigenvalue weighted by atomic mass is 32.1. The van der Waals surface area contributed by atoms with Gasteiger partial charge in [0, 0.05) is 29.2 Å². The Kier molecular flexibility index (Phi) is 4.59. The minimum Gasteiger partial charge on any atom is -0.320 e. The van der Waals surface area contributed by atoms with Crippen molar-refractivity contribution in [3.8, 4) is 22.6 Å². The Balaban J connectivity index is 1.32. The lowest BCUT2D eigenvalue weighted by Crippen LogP contribution is -2.11. The lowest BCUT2D eigenvalue weighted by molar-refractivity contribution is 0.102. The summed E-state index contributed by atoms with van der Waals surface area (Å²) in [7, 11) is 0. The largest absolute Gasteiger partial charge is 0.320 e. The number of thiazole rings is 1. The van der Waals surface area contributed by atoms with Crippen LogP contribution in [-0.4, -0.2) is 35.7 Å². The van der Waals surface area contributed by atoms with Gasteiger partial charge in [-0.15, -0.1) is 21.5 Å². The van der Waals surface area contributed by atoms with Gasteiger partial charge in [0.15, 0.2) is 16.5 Å². The number of benzene rings is 2. The number of aromatic nitrogens is 6. The molecule has 0 aliphatic rings. The number of fused-ring (bicyclic) bond motifs is 2. The fourth-order valence-electron chi connectivity index (χ4n) is 3.53. The topological polar surface area (TPSA) is 98.0 Å². The van der Waals surface area contributed by atoms with Crippen molar-refractivity contribution in [1.82, 2.24) is 29.8 Å². The second kappa shape index (κ2) is 7.88. The van der Waals surface area contributed by atoms with Gasteiger partial charge < -0.3 is 5.32 Å². The first-order valence-corrected chi connectivity index (χ1v) is 11.0. The van der Waals surface area contributed by atoms with E-state index in [-0.39, 0.29) is 5.91 Å². The normalized spacial score (nSPS) is 11.2. The van der Waals surface area contributed by atoms with E-state index >= 15 is 0 Å². The van der Waals surface area contributed by atoms with Crippen molar-refractivity contribution in [2.75, 3.05) is 5.32 Å². The fourth-order valence-corrected chi connectivity index (χ4v) is 4.39. The van der Waals surface area contributed by atoms with Crippen LogP contribution in [0, 0.1) is 0 Å². The smallest absolute Gasteiger partial charge is 0.284 e.